The molecule has 0 aromatic heterocycles. The van der Waals surface area contributed by atoms with E-state index in [1.165, 1.54) is 13.5 Å². The molecule has 3 aliphatic rings. The van der Waals surface area contributed by atoms with Crippen LogP contribution in [0.4, 0.5) is 0 Å². The second-order valence-corrected chi connectivity index (χ2v) is 10.5. The highest BCUT2D eigenvalue weighted by Gasteiger charge is 2.60. The van der Waals surface area contributed by atoms with Crippen LogP contribution in [0.15, 0.2) is 11.6 Å². The first-order valence-corrected chi connectivity index (χ1v) is 10.9. The molecule has 0 aromatic carbocycles. The summed E-state index contributed by atoms with van der Waals surface area (Å²) in [7, 11) is 1.47. The van der Waals surface area contributed by atoms with Crippen molar-refractivity contribution in [3.05, 3.63) is 11.6 Å². The number of rotatable bonds is 4. The maximum absolute atomic E-state index is 12.6. The summed E-state index contributed by atoms with van der Waals surface area (Å²) in [6, 6.07) is 0. The normalized spacial score (nSPS) is 40.6. The van der Waals surface area contributed by atoms with Crippen LogP contribution in [-0.4, -0.2) is 18.9 Å². The van der Waals surface area contributed by atoms with E-state index >= 15 is 0 Å². The average Bonchev–Trinajstić information content (AvgIpc) is 2.60. The van der Waals surface area contributed by atoms with E-state index in [1.54, 1.807) is 5.57 Å². The fraction of sp³-hybridized carbons (Fsp3) is 0.833. The van der Waals surface area contributed by atoms with Gasteiger partial charge in [-0.3, -0.25) is 9.59 Å². The van der Waals surface area contributed by atoms with Gasteiger partial charge in [-0.05, 0) is 67.1 Å². The summed E-state index contributed by atoms with van der Waals surface area (Å²) < 4.78 is 4.84. The molecule has 0 amide bonds. The van der Waals surface area contributed by atoms with Gasteiger partial charge in [-0.1, -0.05) is 46.3 Å². The maximum Gasteiger partial charge on any atom is 0.305 e. The quantitative estimate of drug-likeness (QED) is 0.466. The van der Waals surface area contributed by atoms with E-state index in [1.807, 2.05) is 0 Å². The Balaban J connectivity index is 1.88. The van der Waals surface area contributed by atoms with Crippen LogP contribution < -0.4 is 0 Å². The summed E-state index contributed by atoms with van der Waals surface area (Å²) >= 11 is 0. The number of esters is 1. The number of fused-ring (bicyclic) bond motifs is 3. The zero-order valence-corrected chi connectivity index (χ0v) is 18.2. The van der Waals surface area contributed by atoms with Crippen molar-refractivity contribution in [1.29, 1.82) is 0 Å². The molecule has 0 N–H and O–H groups in total. The molecule has 3 heteroatoms. The Morgan fingerprint density at radius 2 is 1.89 bits per heavy atom. The average molecular weight is 375 g/mol. The third-order valence-electron chi connectivity index (χ3n) is 8.74. The van der Waals surface area contributed by atoms with E-state index in [2.05, 4.69) is 40.7 Å². The van der Waals surface area contributed by atoms with Crippen molar-refractivity contribution in [3.63, 3.8) is 0 Å². The minimum atomic E-state index is -0.210. The zero-order valence-electron chi connectivity index (χ0n) is 18.2. The molecule has 27 heavy (non-hydrogen) atoms. The first-order valence-electron chi connectivity index (χ1n) is 10.9. The fourth-order valence-electron chi connectivity index (χ4n) is 7.21. The SMILES string of the molecule is COC(=O)CCC[C@@H]1[C@@H](C)CC=C2[C@@]1(C)CC[C@H]1C(C)(C)C(=O)CC[C@]21C. The Labute approximate surface area is 165 Å². The van der Waals surface area contributed by atoms with Gasteiger partial charge in [0, 0.05) is 18.3 Å². The summed E-state index contributed by atoms with van der Waals surface area (Å²) in [5.74, 6) is 2.07. The van der Waals surface area contributed by atoms with Gasteiger partial charge in [0.2, 0.25) is 0 Å². The van der Waals surface area contributed by atoms with Crippen molar-refractivity contribution >= 4 is 11.8 Å². The number of allylic oxidation sites excluding steroid dienone is 2. The lowest BCUT2D eigenvalue weighted by Crippen LogP contribution is -2.56. The Hall–Kier alpha value is -1.12. The number of hydrogen-bond donors (Lipinski definition) is 0. The highest BCUT2D eigenvalue weighted by atomic mass is 16.5. The van der Waals surface area contributed by atoms with Gasteiger partial charge < -0.3 is 4.74 Å². The fourth-order valence-corrected chi connectivity index (χ4v) is 7.21. The van der Waals surface area contributed by atoms with Crippen LogP contribution in [0, 0.1) is 34.0 Å². The number of carbonyl (C=O) groups excluding carboxylic acids is 2. The van der Waals surface area contributed by atoms with Crippen LogP contribution in [0.2, 0.25) is 0 Å². The van der Waals surface area contributed by atoms with Crippen LogP contribution in [0.1, 0.15) is 86.0 Å². The number of Topliss-reactive ketones (excluding diaryl/α,β-unsaturated/α-hetero) is 1. The predicted octanol–water partition coefficient (Wildman–Crippen LogP) is 5.72. The molecule has 0 bridgehead atoms. The Kier molecular flexibility index (Phi) is 5.38. The minimum Gasteiger partial charge on any atom is -0.469 e. The van der Waals surface area contributed by atoms with Crippen LogP contribution in [0.3, 0.4) is 0 Å². The van der Waals surface area contributed by atoms with Gasteiger partial charge in [-0.15, -0.1) is 0 Å². The Bertz CT molecular complexity index is 646. The zero-order chi connectivity index (χ0) is 20.0. The molecule has 0 aliphatic heterocycles. The lowest BCUT2D eigenvalue weighted by atomic mass is 9.41. The van der Waals surface area contributed by atoms with Crippen molar-refractivity contribution in [1.82, 2.24) is 0 Å². The predicted molar refractivity (Wildman–Crippen MR) is 108 cm³/mol. The molecular formula is C24H38O3. The molecule has 0 unspecified atom stereocenters. The highest BCUT2D eigenvalue weighted by Crippen LogP contribution is 2.67. The molecule has 0 heterocycles. The van der Waals surface area contributed by atoms with Crippen molar-refractivity contribution < 1.29 is 14.3 Å². The van der Waals surface area contributed by atoms with E-state index in [-0.39, 0.29) is 22.2 Å². The number of ether oxygens (including phenoxy) is 1. The van der Waals surface area contributed by atoms with Gasteiger partial charge in [-0.25, -0.2) is 0 Å². The Morgan fingerprint density at radius 1 is 1.19 bits per heavy atom. The van der Waals surface area contributed by atoms with E-state index in [0.717, 1.165) is 38.5 Å². The van der Waals surface area contributed by atoms with Gasteiger partial charge in [0.05, 0.1) is 7.11 Å². The first kappa shape index (κ1) is 20.6. The smallest absolute Gasteiger partial charge is 0.305 e. The monoisotopic (exact) mass is 374 g/mol. The maximum atomic E-state index is 12.6. The number of methoxy groups -OCH3 is 1. The molecule has 2 fully saturated rings. The lowest BCUT2D eigenvalue weighted by Gasteiger charge is -2.62. The van der Waals surface area contributed by atoms with E-state index in [9.17, 15) is 9.59 Å². The van der Waals surface area contributed by atoms with Crippen LogP contribution in [-0.2, 0) is 14.3 Å². The molecule has 0 spiro atoms. The molecular weight excluding hydrogens is 336 g/mol. The third-order valence-corrected chi connectivity index (χ3v) is 8.74. The van der Waals surface area contributed by atoms with Gasteiger partial charge in [0.1, 0.15) is 5.78 Å². The highest BCUT2D eigenvalue weighted by molar-refractivity contribution is 5.85. The summed E-state index contributed by atoms with van der Waals surface area (Å²) in [5, 5.41) is 0. The molecule has 5 atom stereocenters. The number of carbonyl (C=O) groups is 2. The third kappa shape index (κ3) is 3.19. The second-order valence-electron chi connectivity index (χ2n) is 10.5. The molecule has 2 saturated carbocycles. The van der Waals surface area contributed by atoms with Gasteiger partial charge in [-0.2, -0.15) is 0 Å². The molecule has 3 nitrogen and oxygen atoms in total. The summed E-state index contributed by atoms with van der Waals surface area (Å²) in [6.45, 7) is 11.7. The Morgan fingerprint density at radius 3 is 2.56 bits per heavy atom. The minimum absolute atomic E-state index is 0.0948. The largest absolute Gasteiger partial charge is 0.469 e. The van der Waals surface area contributed by atoms with Gasteiger partial charge >= 0.3 is 5.97 Å². The van der Waals surface area contributed by atoms with E-state index in [4.69, 9.17) is 4.74 Å². The van der Waals surface area contributed by atoms with Crippen molar-refractivity contribution in [3.8, 4) is 0 Å². The van der Waals surface area contributed by atoms with Crippen molar-refractivity contribution in [2.45, 2.75) is 86.0 Å². The molecule has 3 aliphatic carbocycles. The molecule has 0 saturated heterocycles. The summed E-state index contributed by atoms with van der Waals surface area (Å²) in [5.41, 5.74) is 1.77. The topological polar surface area (TPSA) is 43.4 Å². The first-order chi connectivity index (χ1) is 12.6. The van der Waals surface area contributed by atoms with Crippen molar-refractivity contribution in [2.24, 2.45) is 34.0 Å². The summed E-state index contributed by atoms with van der Waals surface area (Å²) in [4.78, 5) is 24.2. The van der Waals surface area contributed by atoms with Crippen LogP contribution >= 0.6 is 0 Å². The standard InChI is InChI=1S/C24H38O3/c1-16-10-11-19-23(4,17(16)8-7-9-21(26)27-6)14-12-18-22(2,3)20(25)13-15-24(18,19)5/h11,16-18H,7-10,12-15H2,1-6H3/t16-,17+,18-,23-,24-/m0/s1. The second kappa shape index (κ2) is 7.04. The molecule has 0 aromatic rings. The van der Waals surface area contributed by atoms with E-state index in [0.29, 0.717) is 30.0 Å². The van der Waals surface area contributed by atoms with Gasteiger partial charge in [0.15, 0.2) is 0 Å². The molecule has 0 radical (unpaired) electrons. The number of ketones is 1. The number of hydrogen-bond acceptors (Lipinski definition) is 3. The van der Waals surface area contributed by atoms with Crippen LogP contribution in [0.25, 0.3) is 0 Å². The van der Waals surface area contributed by atoms with E-state index < -0.39 is 0 Å². The lowest BCUT2D eigenvalue weighted by molar-refractivity contribution is -0.142. The molecule has 3 rings (SSSR count). The molecule has 152 valence electrons. The summed E-state index contributed by atoms with van der Waals surface area (Å²) in [6.07, 6.45) is 10.2. The van der Waals surface area contributed by atoms with Crippen molar-refractivity contribution in [2.75, 3.05) is 7.11 Å². The van der Waals surface area contributed by atoms with Crippen LogP contribution in [0.5, 0.6) is 0 Å². The van der Waals surface area contributed by atoms with Gasteiger partial charge in [0.25, 0.3) is 0 Å².